The molecular formula is C21H22FN3O3. The molecule has 1 aliphatic heterocycles. The van der Waals surface area contributed by atoms with E-state index in [0.717, 1.165) is 24.8 Å². The highest BCUT2D eigenvalue weighted by Crippen LogP contribution is 2.45. The number of hydrogen-bond donors (Lipinski definition) is 1. The molecule has 2 amide bonds. The van der Waals surface area contributed by atoms with Crippen LogP contribution >= 0.6 is 0 Å². The highest BCUT2D eigenvalue weighted by molar-refractivity contribution is 5.94. The molecule has 1 N–H and O–H groups in total. The van der Waals surface area contributed by atoms with E-state index in [1.807, 2.05) is 6.07 Å². The molecule has 0 atom stereocenters. The molecular weight excluding hydrogens is 361 g/mol. The Kier molecular flexibility index (Phi) is 4.75. The van der Waals surface area contributed by atoms with E-state index in [1.165, 1.54) is 30.5 Å². The Bertz CT molecular complexity index is 939. The monoisotopic (exact) mass is 383 g/mol. The Morgan fingerprint density at radius 2 is 1.71 bits per heavy atom. The van der Waals surface area contributed by atoms with Gasteiger partial charge in [0, 0.05) is 38.4 Å². The van der Waals surface area contributed by atoms with Crippen LogP contribution in [0.4, 0.5) is 4.39 Å². The van der Waals surface area contributed by atoms with E-state index >= 15 is 0 Å². The van der Waals surface area contributed by atoms with Crippen LogP contribution in [0.5, 0.6) is 0 Å². The lowest BCUT2D eigenvalue weighted by Gasteiger charge is -2.46. The lowest BCUT2D eigenvalue weighted by Crippen LogP contribution is -2.57. The van der Waals surface area contributed by atoms with Crippen molar-refractivity contribution in [1.29, 1.82) is 0 Å². The van der Waals surface area contributed by atoms with Crippen LogP contribution in [0.1, 0.15) is 35.2 Å². The molecule has 28 heavy (non-hydrogen) atoms. The number of carbonyl (C=O) groups is 2. The number of hydrogen-bond acceptors (Lipinski definition) is 3. The van der Waals surface area contributed by atoms with Crippen molar-refractivity contribution in [3.8, 4) is 0 Å². The molecule has 7 heteroatoms. The number of aromatic nitrogens is 1. The summed E-state index contributed by atoms with van der Waals surface area (Å²) in [5.41, 5.74) is 0.285. The number of benzene rings is 1. The van der Waals surface area contributed by atoms with Crippen LogP contribution in [0.2, 0.25) is 0 Å². The van der Waals surface area contributed by atoms with Crippen molar-refractivity contribution < 1.29 is 14.0 Å². The first kappa shape index (κ1) is 18.4. The molecule has 4 rings (SSSR count). The molecule has 1 aromatic heterocycles. The number of carbonyl (C=O) groups excluding carboxylic acids is 2. The maximum atomic E-state index is 13.7. The summed E-state index contributed by atoms with van der Waals surface area (Å²) < 4.78 is 13.7. The third-order valence-corrected chi connectivity index (χ3v) is 5.88. The number of piperazine rings is 1. The molecule has 2 heterocycles. The van der Waals surface area contributed by atoms with Crippen molar-refractivity contribution in [2.45, 2.75) is 24.7 Å². The summed E-state index contributed by atoms with van der Waals surface area (Å²) in [5, 5.41) is 0. The number of H-pyrrole nitrogens is 1. The molecule has 0 unspecified atom stereocenters. The molecule has 1 saturated heterocycles. The third-order valence-electron chi connectivity index (χ3n) is 5.88. The first-order valence-electron chi connectivity index (χ1n) is 9.53. The van der Waals surface area contributed by atoms with E-state index in [9.17, 15) is 18.8 Å². The van der Waals surface area contributed by atoms with E-state index in [-0.39, 0.29) is 23.2 Å². The zero-order valence-electron chi connectivity index (χ0n) is 15.5. The lowest BCUT2D eigenvalue weighted by atomic mass is 9.63. The Labute approximate surface area is 162 Å². The minimum Gasteiger partial charge on any atom is -0.338 e. The number of halogens is 1. The van der Waals surface area contributed by atoms with Gasteiger partial charge in [-0.05, 0) is 36.6 Å². The van der Waals surface area contributed by atoms with Crippen molar-refractivity contribution >= 4 is 11.8 Å². The molecule has 1 aromatic carbocycles. The van der Waals surface area contributed by atoms with Gasteiger partial charge in [0.25, 0.3) is 5.91 Å². The van der Waals surface area contributed by atoms with Crippen molar-refractivity contribution in [1.82, 2.24) is 14.8 Å². The summed E-state index contributed by atoms with van der Waals surface area (Å²) in [6.07, 6.45) is 3.82. The fraction of sp³-hybridized carbons (Fsp3) is 0.381. The topological polar surface area (TPSA) is 73.5 Å². The standard InChI is InChI=1S/C21H22FN3O3/c22-17-4-1-3-16(13-17)21(7-2-8-21)20(28)25-11-9-24(10-12-25)19(27)15-5-6-18(26)23-14-15/h1,3-6,13-14H,2,7-12H2,(H,23,26). The second kappa shape index (κ2) is 7.22. The maximum Gasteiger partial charge on any atom is 0.255 e. The smallest absolute Gasteiger partial charge is 0.255 e. The van der Waals surface area contributed by atoms with Crippen LogP contribution in [0.25, 0.3) is 0 Å². The molecule has 1 aliphatic carbocycles. The molecule has 0 spiro atoms. The molecule has 2 aromatic rings. The molecule has 1 saturated carbocycles. The average molecular weight is 383 g/mol. The van der Waals surface area contributed by atoms with Crippen molar-refractivity contribution in [2.75, 3.05) is 26.2 Å². The average Bonchev–Trinajstić information content (AvgIpc) is 2.67. The minimum atomic E-state index is -0.632. The number of pyridine rings is 1. The van der Waals surface area contributed by atoms with Crippen LogP contribution in [0.3, 0.4) is 0 Å². The highest BCUT2D eigenvalue weighted by atomic mass is 19.1. The van der Waals surface area contributed by atoms with Gasteiger partial charge >= 0.3 is 0 Å². The molecule has 6 nitrogen and oxygen atoms in total. The zero-order chi connectivity index (χ0) is 19.7. The van der Waals surface area contributed by atoms with Crippen LogP contribution in [-0.2, 0) is 10.2 Å². The number of nitrogens with zero attached hydrogens (tertiary/aromatic N) is 2. The van der Waals surface area contributed by atoms with Crippen LogP contribution in [-0.4, -0.2) is 52.8 Å². The molecule has 146 valence electrons. The summed E-state index contributed by atoms with van der Waals surface area (Å²) in [6, 6.07) is 9.17. The summed E-state index contributed by atoms with van der Waals surface area (Å²) in [7, 11) is 0. The Hall–Kier alpha value is -2.96. The van der Waals surface area contributed by atoms with Crippen molar-refractivity contribution in [3.63, 3.8) is 0 Å². The lowest BCUT2D eigenvalue weighted by molar-refractivity contribution is -0.142. The van der Waals surface area contributed by atoms with Gasteiger partial charge < -0.3 is 14.8 Å². The second-order valence-electron chi connectivity index (χ2n) is 7.47. The summed E-state index contributed by atoms with van der Waals surface area (Å²) in [5.74, 6) is -0.458. The largest absolute Gasteiger partial charge is 0.338 e. The van der Waals surface area contributed by atoms with Gasteiger partial charge in [-0.1, -0.05) is 18.6 Å². The summed E-state index contributed by atoms with van der Waals surface area (Å²) >= 11 is 0. The van der Waals surface area contributed by atoms with Crippen LogP contribution in [0.15, 0.2) is 47.4 Å². The predicted octanol–water partition coefficient (Wildman–Crippen LogP) is 1.92. The molecule has 0 bridgehead atoms. The van der Waals surface area contributed by atoms with Gasteiger partial charge in [-0.15, -0.1) is 0 Å². The van der Waals surface area contributed by atoms with E-state index in [0.29, 0.717) is 31.7 Å². The molecule has 2 aliphatic rings. The van der Waals surface area contributed by atoms with Gasteiger partial charge in [0.2, 0.25) is 11.5 Å². The highest BCUT2D eigenvalue weighted by Gasteiger charge is 2.48. The summed E-state index contributed by atoms with van der Waals surface area (Å²) in [4.78, 5) is 43.0. The van der Waals surface area contributed by atoms with E-state index < -0.39 is 5.41 Å². The van der Waals surface area contributed by atoms with Gasteiger partial charge in [-0.2, -0.15) is 0 Å². The normalized spacial score (nSPS) is 18.5. The zero-order valence-corrected chi connectivity index (χ0v) is 15.5. The predicted molar refractivity (Wildman–Crippen MR) is 101 cm³/mol. The first-order valence-corrected chi connectivity index (χ1v) is 9.53. The Balaban J connectivity index is 1.44. The molecule has 2 fully saturated rings. The van der Waals surface area contributed by atoms with Crippen molar-refractivity contribution in [3.05, 3.63) is 69.9 Å². The van der Waals surface area contributed by atoms with Gasteiger partial charge in [0.05, 0.1) is 11.0 Å². The minimum absolute atomic E-state index is 0.0282. The van der Waals surface area contributed by atoms with E-state index in [1.54, 1.807) is 15.9 Å². The molecule has 0 radical (unpaired) electrons. The van der Waals surface area contributed by atoms with Gasteiger partial charge in [-0.25, -0.2) is 4.39 Å². The van der Waals surface area contributed by atoms with Crippen LogP contribution in [0, 0.1) is 5.82 Å². The van der Waals surface area contributed by atoms with Gasteiger partial charge in [-0.3, -0.25) is 14.4 Å². The Morgan fingerprint density at radius 1 is 1.00 bits per heavy atom. The van der Waals surface area contributed by atoms with Crippen molar-refractivity contribution in [2.24, 2.45) is 0 Å². The van der Waals surface area contributed by atoms with Gasteiger partial charge in [0.15, 0.2) is 0 Å². The Morgan fingerprint density at radius 3 is 2.29 bits per heavy atom. The second-order valence-corrected chi connectivity index (χ2v) is 7.47. The fourth-order valence-electron chi connectivity index (χ4n) is 4.08. The maximum absolute atomic E-state index is 13.7. The van der Waals surface area contributed by atoms with Gasteiger partial charge in [0.1, 0.15) is 5.82 Å². The number of amides is 2. The fourth-order valence-corrected chi connectivity index (χ4v) is 4.08. The number of aromatic amines is 1. The van der Waals surface area contributed by atoms with E-state index in [2.05, 4.69) is 4.98 Å². The SMILES string of the molecule is O=C(c1ccc(=O)[nH]c1)N1CCN(C(=O)C2(c3cccc(F)c3)CCC2)CC1. The number of nitrogens with one attached hydrogen (secondary N) is 1. The third kappa shape index (κ3) is 3.21. The first-order chi connectivity index (χ1) is 13.5. The van der Waals surface area contributed by atoms with E-state index in [4.69, 9.17) is 0 Å². The quantitative estimate of drug-likeness (QED) is 0.880. The number of rotatable bonds is 3. The van der Waals surface area contributed by atoms with Crippen LogP contribution < -0.4 is 5.56 Å². The summed E-state index contributed by atoms with van der Waals surface area (Å²) in [6.45, 7) is 1.77.